The van der Waals surface area contributed by atoms with Gasteiger partial charge in [0.25, 0.3) is 0 Å². The quantitative estimate of drug-likeness (QED) is 0.374. The Balaban J connectivity index is 4.51. The topological polar surface area (TPSA) is 47.9 Å². The van der Waals surface area contributed by atoms with E-state index in [-0.39, 0.29) is 18.3 Å². The van der Waals surface area contributed by atoms with Gasteiger partial charge in [0, 0.05) is 5.92 Å². The van der Waals surface area contributed by atoms with E-state index < -0.39 is 0 Å². The lowest BCUT2D eigenvalue weighted by Crippen LogP contribution is -2.23. The molecule has 0 spiro atoms. The van der Waals surface area contributed by atoms with Crippen molar-refractivity contribution in [3.05, 3.63) is 0 Å². The summed E-state index contributed by atoms with van der Waals surface area (Å²) in [6, 6.07) is 0. The Hall–Kier alpha value is -1.06. The van der Waals surface area contributed by atoms with Crippen LogP contribution in [0.4, 0.5) is 0 Å². The van der Waals surface area contributed by atoms with Gasteiger partial charge in [-0.3, -0.25) is 4.79 Å². The zero-order valence-electron chi connectivity index (χ0n) is 11.7. The molecule has 0 rings (SSSR count). The molecule has 0 amide bonds. The highest BCUT2D eigenvalue weighted by molar-refractivity contribution is 5.99. The summed E-state index contributed by atoms with van der Waals surface area (Å²) < 4.78 is 4.93. The molecule has 0 aromatic carbocycles. The molecule has 0 aromatic rings. The lowest BCUT2D eigenvalue weighted by atomic mass is 9.87. The fourth-order valence-electron chi connectivity index (χ4n) is 1.79. The van der Waals surface area contributed by atoms with E-state index in [1.54, 1.807) is 6.92 Å². The minimum absolute atomic E-state index is 0.219. The molecule has 4 nitrogen and oxygen atoms in total. The minimum atomic E-state index is -0.237. The molecular formula is C13H25NO3. The number of hydrogen-bond acceptors (Lipinski definition) is 4. The molecule has 0 heterocycles. The fraction of sp³-hybridized carbons (Fsp3) is 0.846. The second-order valence-electron chi connectivity index (χ2n) is 4.30. The molecule has 0 radical (unpaired) electrons. The molecule has 0 N–H and O–H groups in total. The van der Waals surface area contributed by atoms with E-state index in [1.165, 1.54) is 7.11 Å². The van der Waals surface area contributed by atoms with Crippen LogP contribution in [-0.2, 0) is 14.4 Å². The van der Waals surface area contributed by atoms with Gasteiger partial charge in [0.2, 0.25) is 0 Å². The molecule has 0 unspecified atom stereocenters. The lowest BCUT2D eigenvalue weighted by molar-refractivity contribution is -0.141. The van der Waals surface area contributed by atoms with Crippen LogP contribution in [0, 0.1) is 11.8 Å². The second kappa shape index (κ2) is 9.02. The summed E-state index contributed by atoms with van der Waals surface area (Å²) in [5.74, 6) is 0.487. The van der Waals surface area contributed by atoms with E-state index in [0.29, 0.717) is 12.5 Å². The molecule has 0 aliphatic heterocycles. The van der Waals surface area contributed by atoms with Crippen LogP contribution in [0.15, 0.2) is 5.16 Å². The molecule has 0 saturated carbocycles. The highest BCUT2D eigenvalue weighted by Crippen LogP contribution is 2.20. The van der Waals surface area contributed by atoms with Crippen molar-refractivity contribution in [1.29, 1.82) is 0 Å². The molecule has 100 valence electrons. The van der Waals surface area contributed by atoms with E-state index in [4.69, 9.17) is 9.57 Å². The third-order valence-corrected chi connectivity index (χ3v) is 2.96. The SMILES string of the molecule is CCC[C@@H](C)[C@@H](C)/C(CC(=O)OCC)=N/OC. The number of carbonyl (C=O) groups excluding carboxylic acids is 1. The van der Waals surface area contributed by atoms with Gasteiger partial charge in [-0.15, -0.1) is 0 Å². The average molecular weight is 243 g/mol. The van der Waals surface area contributed by atoms with Crippen LogP contribution in [0.2, 0.25) is 0 Å². The zero-order chi connectivity index (χ0) is 13.3. The average Bonchev–Trinajstić information content (AvgIpc) is 2.28. The molecule has 17 heavy (non-hydrogen) atoms. The van der Waals surface area contributed by atoms with Gasteiger partial charge in [0.15, 0.2) is 0 Å². The molecule has 4 heteroatoms. The van der Waals surface area contributed by atoms with Gasteiger partial charge in [-0.1, -0.05) is 38.8 Å². The molecule has 2 atom stereocenters. The first-order chi connectivity index (χ1) is 8.06. The summed E-state index contributed by atoms with van der Waals surface area (Å²) in [4.78, 5) is 16.3. The number of nitrogens with zero attached hydrogens (tertiary/aromatic N) is 1. The monoisotopic (exact) mass is 243 g/mol. The van der Waals surface area contributed by atoms with E-state index in [1.807, 2.05) is 0 Å². The number of oxime groups is 1. The Bertz CT molecular complexity index is 251. The third-order valence-electron chi connectivity index (χ3n) is 2.96. The smallest absolute Gasteiger partial charge is 0.311 e. The Morgan fingerprint density at radius 1 is 1.29 bits per heavy atom. The third kappa shape index (κ3) is 6.29. The number of esters is 1. The van der Waals surface area contributed by atoms with Crippen LogP contribution in [-0.4, -0.2) is 25.4 Å². The minimum Gasteiger partial charge on any atom is -0.466 e. The molecule has 0 fully saturated rings. The summed E-state index contributed by atoms with van der Waals surface area (Å²) in [6.07, 6.45) is 2.47. The van der Waals surface area contributed by atoms with Crippen LogP contribution in [0.25, 0.3) is 0 Å². The van der Waals surface area contributed by atoms with Crippen molar-refractivity contribution in [2.75, 3.05) is 13.7 Å². The van der Waals surface area contributed by atoms with Crippen LogP contribution < -0.4 is 0 Å². The van der Waals surface area contributed by atoms with Crippen LogP contribution >= 0.6 is 0 Å². The van der Waals surface area contributed by atoms with Crippen molar-refractivity contribution in [2.45, 2.75) is 47.0 Å². The van der Waals surface area contributed by atoms with Crippen molar-refractivity contribution in [1.82, 2.24) is 0 Å². The van der Waals surface area contributed by atoms with Gasteiger partial charge in [0.05, 0.1) is 18.7 Å². The highest BCUT2D eigenvalue weighted by atomic mass is 16.6. The summed E-state index contributed by atoms with van der Waals surface area (Å²) >= 11 is 0. The van der Waals surface area contributed by atoms with Crippen molar-refractivity contribution < 1.29 is 14.4 Å². The molecule has 0 saturated heterocycles. The molecule has 0 bridgehead atoms. The maximum absolute atomic E-state index is 11.5. The predicted octanol–water partition coefficient (Wildman–Crippen LogP) is 3.01. The van der Waals surface area contributed by atoms with Gasteiger partial charge in [0.1, 0.15) is 7.11 Å². The summed E-state index contributed by atoms with van der Waals surface area (Å²) in [6.45, 7) is 8.61. The van der Waals surface area contributed by atoms with Crippen molar-refractivity contribution in [3.8, 4) is 0 Å². The first-order valence-corrected chi connectivity index (χ1v) is 6.32. The Morgan fingerprint density at radius 3 is 2.41 bits per heavy atom. The summed E-state index contributed by atoms with van der Waals surface area (Å²) in [5.41, 5.74) is 0.770. The Labute approximate surface area is 104 Å². The van der Waals surface area contributed by atoms with Crippen molar-refractivity contribution >= 4 is 11.7 Å². The maximum atomic E-state index is 11.5. The van der Waals surface area contributed by atoms with E-state index >= 15 is 0 Å². The standard InChI is InChI=1S/C13H25NO3/c1-6-8-10(3)11(4)12(14-16-5)9-13(15)17-7-2/h10-11H,6-9H2,1-5H3/b14-12+/t10-,11-/m1/s1. The van der Waals surface area contributed by atoms with Gasteiger partial charge in [-0.25, -0.2) is 0 Å². The van der Waals surface area contributed by atoms with Gasteiger partial charge in [-0.2, -0.15) is 0 Å². The maximum Gasteiger partial charge on any atom is 0.311 e. The normalized spacial score (nSPS) is 15.2. The van der Waals surface area contributed by atoms with Crippen molar-refractivity contribution in [3.63, 3.8) is 0 Å². The number of ether oxygens (including phenoxy) is 1. The van der Waals surface area contributed by atoms with Gasteiger partial charge in [-0.05, 0) is 12.8 Å². The molecular weight excluding hydrogens is 218 g/mol. The first kappa shape index (κ1) is 15.9. The van der Waals surface area contributed by atoms with Crippen molar-refractivity contribution in [2.24, 2.45) is 17.0 Å². The van der Waals surface area contributed by atoms with Gasteiger partial charge >= 0.3 is 5.97 Å². The van der Waals surface area contributed by atoms with Gasteiger partial charge < -0.3 is 9.57 Å². The molecule has 0 aromatic heterocycles. The molecule has 0 aliphatic rings. The second-order valence-corrected chi connectivity index (χ2v) is 4.30. The first-order valence-electron chi connectivity index (χ1n) is 6.32. The number of rotatable bonds is 8. The van der Waals surface area contributed by atoms with Crippen LogP contribution in [0.1, 0.15) is 47.0 Å². The van der Waals surface area contributed by atoms with E-state index in [2.05, 4.69) is 25.9 Å². The fourth-order valence-corrected chi connectivity index (χ4v) is 1.79. The number of carbonyl (C=O) groups is 1. The number of hydrogen-bond donors (Lipinski definition) is 0. The van der Waals surface area contributed by atoms with E-state index in [9.17, 15) is 4.79 Å². The lowest BCUT2D eigenvalue weighted by Gasteiger charge is -2.20. The highest BCUT2D eigenvalue weighted by Gasteiger charge is 2.21. The Morgan fingerprint density at radius 2 is 1.94 bits per heavy atom. The molecule has 0 aliphatic carbocycles. The summed E-state index contributed by atoms with van der Waals surface area (Å²) in [5, 5.41) is 3.97. The summed E-state index contributed by atoms with van der Waals surface area (Å²) in [7, 11) is 1.50. The van der Waals surface area contributed by atoms with Crippen LogP contribution in [0.3, 0.4) is 0 Å². The zero-order valence-corrected chi connectivity index (χ0v) is 11.7. The largest absolute Gasteiger partial charge is 0.466 e. The van der Waals surface area contributed by atoms with Crippen LogP contribution in [0.5, 0.6) is 0 Å². The van der Waals surface area contributed by atoms with E-state index in [0.717, 1.165) is 18.6 Å². The predicted molar refractivity (Wildman–Crippen MR) is 68.9 cm³/mol. The Kier molecular flexibility index (Phi) is 8.46.